The van der Waals surface area contributed by atoms with Gasteiger partial charge in [-0.05, 0) is 32.3 Å². The van der Waals surface area contributed by atoms with Crippen LogP contribution in [0.2, 0.25) is 0 Å². The minimum absolute atomic E-state index is 0.0953. The third-order valence-electron chi connectivity index (χ3n) is 6.36. The number of anilines is 1. The smallest absolute Gasteiger partial charge is 0.319 e. The van der Waals surface area contributed by atoms with Crippen LogP contribution in [0.1, 0.15) is 49.6 Å². The zero-order chi connectivity index (χ0) is 22.9. The van der Waals surface area contributed by atoms with Crippen molar-refractivity contribution < 1.29 is 19.0 Å². The Balaban J connectivity index is 1.45. The number of carbonyl (C=O) groups excluding carboxylic acids is 1. The monoisotopic (exact) mass is 461 g/mol. The number of hydrogen-bond donors (Lipinski definition) is 5. The summed E-state index contributed by atoms with van der Waals surface area (Å²) in [6.45, 7) is 4.05. The Hall–Kier alpha value is -2.40. The van der Waals surface area contributed by atoms with Gasteiger partial charge in [0, 0.05) is 29.3 Å². The molecule has 0 unspecified atom stereocenters. The zero-order valence-corrected chi connectivity index (χ0v) is 19.2. The van der Waals surface area contributed by atoms with Gasteiger partial charge in [-0.15, -0.1) is 0 Å². The van der Waals surface area contributed by atoms with Gasteiger partial charge in [0.05, 0.1) is 30.4 Å². The number of aromatic nitrogens is 2. The highest BCUT2D eigenvalue weighted by Crippen LogP contribution is 2.44. The lowest BCUT2D eigenvalue weighted by Crippen LogP contribution is -2.47. The molecule has 2 aliphatic heterocycles. The number of carbonyl (C=O) groups is 1. The summed E-state index contributed by atoms with van der Waals surface area (Å²) in [6, 6.07) is 8.71. The maximum Gasteiger partial charge on any atom is 0.319 e. The summed E-state index contributed by atoms with van der Waals surface area (Å²) < 4.78 is 19.6. The predicted octanol–water partition coefficient (Wildman–Crippen LogP) is 3.30. The molecule has 1 atom stereocenters. The Morgan fingerprint density at radius 2 is 1.94 bits per heavy atom. The number of aliphatic hydroxyl groups is 1. The second-order valence-electron chi connectivity index (χ2n) is 8.92. The van der Waals surface area contributed by atoms with E-state index in [1.165, 1.54) is 0 Å². The van der Waals surface area contributed by atoms with E-state index in [0.717, 1.165) is 16.8 Å². The Kier molecular flexibility index (Phi) is 6.30. The van der Waals surface area contributed by atoms with Crippen molar-refractivity contribution in [2.24, 2.45) is 0 Å². The summed E-state index contributed by atoms with van der Waals surface area (Å²) in [5.74, 6) is 1.27. The van der Waals surface area contributed by atoms with Crippen molar-refractivity contribution in [1.29, 1.82) is 0 Å². The van der Waals surface area contributed by atoms with Gasteiger partial charge < -0.3 is 20.6 Å². The van der Waals surface area contributed by atoms with E-state index in [-0.39, 0.29) is 18.7 Å². The van der Waals surface area contributed by atoms with Crippen LogP contribution < -0.4 is 10.6 Å². The Bertz CT molecular complexity index is 962. The largest absolute Gasteiger partial charge is 0.394 e. The molecule has 0 saturated carbocycles. The van der Waals surface area contributed by atoms with Crippen LogP contribution in [0, 0.1) is 0 Å². The Labute approximate surface area is 189 Å². The Morgan fingerprint density at radius 1 is 1.25 bits per heavy atom. The van der Waals surface area contributed by atoms with Gasteiger partial charge in [-0.25, -0.2) is 14.8 Å². The van der Waals surface area contributed by atoms with E-state index in [0.29, 0.717) is 36.8 Å². The van der Waals surface area contributed by atoms with Crippen molar-refractivity contribution in [3.05, 3.63) is 53.3 Å². The van der Waals surface area contributed by atoms with Crippen LogP contribution in [0.25, 0.3) is 0 Å². The van der Waals surface area contributed by atoms with Crippen LogP contribution in [-0.2, 0) is 12.1 Å². The van der Waals surface area contributed by atoms with Gasteiger partial charge in [-0.2, -0.15) is 10.6 Å². The zero-order valence-electron chi connectivity index (χ0n) is 18.4. The van der Waals surface area contributed by atoms with Gasteiger partial charge in [-0.3, -0.25) is 9.11 Å². The van der Waals surface area contributed by atoms with E-state index in [1.807, 2.05) is 44.2 Å². The molecule has 0 radical (unpaired) electrons. The van der Waals surface area contributed by atoms with Crippen molar-refractivity contribution in [2.75, 3.05) is 23.4 Å². The predicted molar refractivity (Wildman–Crippen MR) is 125 cm³/mol. The van der Waals surface area contributed by atoms with E-state index in [9.17, 15) is 19.0 Å². The number of urea groups is 1. The lowest BCUT2D eigenvalue weighted by molar-refractivity contribution is 0.136. The van der Waals surface area contributed by atoms with E-state index < -0.39 is 22.2 Å². The fourth-order valence-electron chi connectivity index (χ4n) is 4.32. The number of benzene rings is 1. The quantitative estimate of drug-likeness (QED) is 0.462. The molecule has 2 aromatic rings. The van der Waals surface area contributed by atoms with E-state index in [1.54, 1.807) is 11.1 Å². The third-order valence-corrected chi connectivity index (χ3v) is 8.14. The molecule has 10 heteroatoms. The van der Waals surface area contributed by atoms with Crippen molar-refractivity contribution in [3.8, 4) is 0 Å². The molecule has 5 N–H and O–H groups in total. The first-order valence-electron chi connectivity index (χ1n) is 10.8. The van der Waals surface area contributed by atoms with Gasteiger partial charge in [0.1, 0.15) is 0 Å². The molecule has 3 heterocycles. The molecule has 4 rings (SSSR count). The number of nitrogens with one attached hydrogen (secondary N) is 2. The first-order chi connectivity index (χ1) is 15.2. The van der Waals surface area contributed by atoms with Gasteiger partial charge in [0.2, 0.25) is 5.95 Å². The lowest BCUT2D eigenvalue weighted by Gasteiger charge is -2.39. The van der Waals surface area contributed by atoms with Crippen molar-refractivity contribution in [1.82, 2.24) is 20.2 Å². The van der Waals surface area contributed by atoms with Gasteiger partial charge in [0.15, 0.2) is 0 Å². The van der Waals surface area contributed by atoms with E-state index in [4.69, 9.17) is 0 Å². The Morgan fingerprint density at radius 3 is 2.59 bits per heavy atom. The standard InChI is InChI=1S/C22H31N5O4S/c1-22(2)17-12-23-20(24-16-8-10-32(30,31)11-9-16)25-18(17)13-27(22)21(29)26-19(14-28)15-6-4-3-5-7-15/h3-7,12,16,19,28,30-31H,8-11,13-14H2,1-2H3,(H,26,29)(H,23,24,25)/t19-/m1/s1. The number of nitrogens with zero attached hydrogens (tertiary/aromatic N) is 3. The maximum absolute atomic E-state index is 13.1. The molecule has 2 amide bonds. The minimum Gasteiger partial charge on any atom is -0.394 e. The topological polar surface area (TPSA) is 131 Å². The summed E-state index contributed by atoms with van der Waals surface area (Å²) in [5.41, 5.74) is 1.91. The van der Waals surface area contributed by atoms with Crippen LogP contribution in [0.5, 0.6) is 0 Å². The van der Waals surface area contributed by atoms with Gasteiger partial charge in [0.25, 0.3) is 0 Å². The molecule has 0 spiro atoms. The lowest BCUT2D eigenvalue weighted by atomic mass is 9.97. The van der Waals surface area contributed by atoms with Crippen molar-refractivity contribution >= 4 is 22.6 Å². The second kappa shape index (κ2) is 8.86. The summed E-state index contributed by atoms with van der Waals surface area (Å²) in [7, 11) is -2.43. The molecule has 0 bridgehead atoms. The summed E-state index contributed by atoms with van der Waals surface area (Å²) in [4.78, 5) is 23.9. The molecule has 1 saturated heterocycles. The average molecular weight is 462 g/mol. The second-order valence-corrected chi connectivity index (χ2v) is 11.3. The van der Waals surface area contributed by atoms with Crippen LogP contribution in [0.4, 0.5) is 10.7 Å². The maximum atomic E-state index is 13.1. The number of amides is 2. The molecule has 9 nitrogen and oxygen atoms in total. The number of rotatable bonds is 5. The molecular formula is C22H31N5O4S. The molecule has 1 aromatic carbocycles. The molecule has 174 valence electrons. The number of aliphatic hydroxyl groups excluding tert-OH is 1. The normalized spacial score (nSPS) is 21.5. The summed E-state index contributed by atoms with van der Waals surface area (Å²) >= 11 is 0. The third kappa shape index (κ3) is 4.68. The summed E-state index contributed by atoms with van der Waals surface area (Å²) in [6.07, 6.45) is 3.07. The highest BCUT2D eigenvalue weighted by molar-refractivity contribution is 8.24. The fourth-order valence-corrected chi connectivity index (χ4v) is 5.85. The van der Waals surface area contributed by atoms with Gasteiger partial charge in [-0.1, -0.05) is 30.3 Å². The highest BCUT2D eigenvalue weighted by Gasteiger charge is 2.42. The first-order valence-corrected chi connectivity index (χ1v) is 12.7. The van der Waals surface area contributed by atoms with Crippen LogP contribution in [0.3, 0.4) is 0 Å². The van der Waals surface area contributed by atoms with Crippen molar-refractivity contribution in [2.45, 2.75) is 50.9 Å². The van der Waals surface area contributed by atoms with Gasteiger partial charge >= 0.3 is 6.03 Å². The molecule has 2 aliphatic rings. The molecule has 32 heavy (non-hydrogen) atoms. The molecule has 1 aromatic heterocycles. The average Bonchev–Trinajstić information content (AvgIpc) is 3.04. The van der Waals surface area contributed by atoms with Crippen LogP contribution in [-0.4, -0.2) is 59.3 Å². The van der Waals surface area contributed by atoms with Crippen LogP contribution >= 0.6 is 10.6 Å². The SMILES string of the molecule is CC1(C)c2cnc(NC3CCS(O)(O)CC3)nc2CN1C(=O)N[C@H](CO)c1ccccc1. The van der Waals surface area contributed by atoms with E-state index in [2.05, 4.69) is 20.6 Å². The van der Waals surface area contributed by atoms with Crippen LogP contribution in [0.15, 0.2) is 36.5 Å². The first kappa shape index (κ1) is 22.8. The molecule has 0 aliphatic carbocycles. The highest BCUT2D eigenvalue weighted by atomic mass is 32.3. The summed E-state index contributed by atoms with van der Waals surface area (Å²) in [5, 5.41) is 16.0. The minimum atomic E-state index is -2.43. The number of fused-ring (bicyclic) bond motifs is 1. The van der Waals surface area contributed by atoms with Crippen molar-refractivity contribution in [3.63, 3.8) is 0 Å². The molecular weight excluding hydrogens is 430 g/mol. The van der Waals surface area contributed by atoms with E-state index >= 15 is 0 Å². The molecule has 1 fully saturated rings. The number of hydrogen-bond acceptors (Lipinski definition) is 7. The fraction of sp³-hybridized carbons (Fsp3) is 0.500.